The molecule has 3 aromatic rings. The van der Waals surface area contributed by atoms with Crippen LogP contribution in [0.15, 0.2) is 41.0 Å². The highest BCUT2D eigenvalue weighted by Crippen LogP contribution is 2.29. The molecule has 1 aromatic carbocycles. The van der Waals surface area contributed by atoms with Gasteiger partial charge in [0.1, 0.15) is 5.75 Å². The van der Waals surface area contributed by atoms with Crippen molar-refractivity contribution in [2.75, 3.05) is 12.4 Å². The van der Waals surface area contributed by atoms with Crippen molar-refractivity contribution < 1.29 is 9.15 Å². The normalized spacial score (nSPS) is 10.6. The van der Waals surface area contributed by atoms with Gasteiger partial charge < -0.3 is 14.5 Å². The molecule has 0 saturated carbocycles. The van der Waals surface area contributed by atoms with Gasteiger partial charge in [0.25, 0.3) is 0 Å². The molecule has 5 nitrogen and oxygen atoms in total. The third-order valence-electron chi connectivity index (χ3n) is 2.70. The Morgan fingerprint density at radius 2 is 1.95 bits per heavy atom. The Morgan fingerprint density at radius 1 is 1.16 bits per heavy atom. The van der Waals surface area contributed by atoms with Crippen molar-refractivity contribution in [2.45, 2.75) is 0 Å². The maximum atomic E-state index is 5.90. The van der Waals surface area contributed by atoms with Crippen LogP contribution in [0.5, 0.6) is 5.75 Å². The van der Waals surface area contributed by atoms with Gasteiger partial charge in [-0.1, -0.05) is 11.6 Å². The molecule has 6 heteroatoms. The maximum absolute atomic E-state index is 5.90. The standard InChI is InChI=1S/C13H10ClN3O2/c1-18-9-4-2-8(3-5-9)15-13-10-6-7-19-11(10)12(14)16-17-13/h2-7H,1H3,(H,15,17). The van der Waals surface area contributed by atoms with Crippen LogP contribution in [0.25, 0.3) is 11.0 Å². The van der Waals surface area contributed by atoms with Crippen LogP contribution in [-0.4, -0.2) is 17.3 Å². The van der Waals surface area contributed by atoms with Crippen molar-refractivity contribution in [3.63, 3.8) is 0 Å². The van der Waals surface area contributed by atoms with Gasteiger partial charge in [0.05, 0.1) is 18.8 Å². The number of rotatable bonds is 3. The summed E-state index contributed by atoms with van der Waals surface area (Å²) in [5, 5.41) is 12.1. The van der Waals surface area contributed by atoms with Crippen LogP contribution in [0.1, 0.15) is 0 Å². The molecule has 1 N–H and O–H groups in total. The van der Waals surface area contributed by atoms with E-state index in [0.717, 1.165) is 16.8 Å². The number of nitrogens with one attached hydrogen (secondary N) is 1. The number of hydrogen-bond donors (Lipinski definition) is 1. The van der Waals surface area contributed by atoms with Crippen molar-refractivity contribution in [1.29, 1.82) is 0 Å². The minimum Gasteiger partial charge on any atom is -0.497 e. The molecule has 0 aliphatic rings. The van der Waals surface area contributed by atoms with Gasteiger partial charge >= 0.3 is 0 Å². The van der Waals surface area contributed by atoms with E-state index in [0.29, 0.717) is 11.4 Å². The zero-order chi connectivity index (χ0) is 13.2. The summed E-state index contributed by atoms with van der Waals surface area (Å²) in [5.41, 5.74) is 1.40. The van der Waals surface area contributed by atoms with Gasteiger partial charge in [0, 0.05) is 5.69 Å². The Kier molecular flexibility index (Phi) is 2.97. The van der Waals surface area contributed by atoms with E-state index in [4.69, 9.17) is 20.8 Å². The number of fused-ring (bicyclic) bond motifs is 1. The van der Waals surface area contributed by atoms with Gasteiger partial charge in [-0.25, -0.2) is 0 Å². The quantitative estimate of drug-likeness (QED) is 0.791. The Labute approximate surface area is 114 Å². The Balaban J connectivity index is 1.96. The highest BCUT2D eigenvalue weighted by Gasteiger charge is 2.10. The molecule has 3 rings (SSSR count). The van der Waals surface area contributed by atoms with Crippen LogP contribution in [0.3, 0.4) is 0 Å². The molecular formula is C13H10ClN3O2. The SMILES string of the molecule is COc1ccc(Nc2nnc(Cl)c3occc23)cc1. The molecule has 96 valence electrons. The van der Waals surface area contributed by atoms with Gasteiger partial charge in [-0.15, -0.1) is 10.2 Å². The summed E-state index contributed by atoms with van der Waals surface area (Å²) in [6.07, 6.45) is 1.55. The Bertz CT molecular complexity index is 709. The number of nitrogens with zero attached hydrogens (tertiary/aromatic N) is 2. The van der Waals surface area contributed by atoms with E-state index in [1.807, 2.05) is 24.3 Å². The smallest absolute Gasteiger partial charge is 0.195 e. The first-order valence-electron chi connectivity index (χ1n) is 5.58. The first-order valence-corrected chi connectivity index (χ1v) is 5.96. The van der Waals surface area contributed by atoms with E-state index < -0.39 is 0 Å². The molecule has 2 heterocycles. The molecule has 0 atom stereocenters. The maximum Gasteiger partial charge on any atom is 0.195 e. The van der Waals surface area contributed by atoms with E-state index >= 15 is 0 Å². The van der Waals surface area contributed by atoms with E-state index in [-0.39, 0.29) is 5.15 Å². The molecule has 0 spiro atoms. The lowest BCUT2D eigenvalue weighted by Crippen LogP contribution is -1.96. The molecule has 0 amide bonds. The summed E-state index contributed by atoms with van der Waals surface area (Å²) in [4.78, 5) is 0. The van der Waals surface area contributed by atoms with Crippen LogP contribution in [0.2, 0.25) is 5.15 Å². The fourth-order valence-electron chi connectivity index (χ4n) is 1.75. The van der Waals surface area contributed by atoms with Gasteiger partial charge in [-0.3, -0.25) is 0 Å². The summed E-state index contributed by atoms with van der Waals surface area (Å²) in [5.74, 6) is 1.39. The second-order valence-electron chi connectivity index (χ2n) is 3.86. The monoisotopic (exact) mass is 275 g/mol. The van der Waals surface area contributed by atoms with Crippen LogP contribution in [-0.2, 0) is 0 Å². The number of halogens is 1. The highest BCUT2D eigenvalue weighted by atomic mass is 35.5. The lowest BCUT2D eigenvalue weighted by atomic mass is 10.3. The van der Waals surface area contributed by atoms with E-state index in [1.165, 1.54) is 0 Å². The van der Waals surface area contributed by atoms with Gasteiger partial charge in [0.15, 0.2) is 16.6 Å². The van der Waals surface area contributed by atoms with Gasteiger partial charge in [-0.2, -0.15) is 0 Å². The van der Waals surface area contributed by atoms with Crippen molar-refractivity contribution in [3.8, 4) is 5.75 Å². The average molecular weight is 276 g/mol. The van der Waals surface area contributed by atoms with Gasteiger partial charge in [0.2, 0.25) is 0 Å². The summed E-state index contributed by atoms with van der Waals surface area (Å²) in [6.45, 7) is 0. The number of hydrogen-bond acceptors (Lipinski definition) is 5. The third-order valence-corrected chi connectivity index (χ3v) is 2.95. The lowest BCUT2D eigenvalue weighted by molar-refractivity contribution is 0.415. The predicted molar refractivity (Wildman–Crippen MR) is 73.1 cm³/mol. The average Bonchev–Trinajstić information content (AvgIpc) is 2.93. The number of anilines is 2. The van der Waals surface area contributed by atoms with E-state index in [2.05, 4.69) is 15.5 Å². The summed E-state index contributed by atoms with van der Waals surface area (Å²) in [6, 6.07) is 9.29. The summed E-state index contributed by atoms with van der Waals surface area (Å²) < 4.78 is 10.4. The molecular weight excluding hydrogens is 266 g/mol. The van der Waals surface area contributed by atoms with Crippen molar-refractivity contribution in [2.24, 2.45) is 0 Å². The molecule has 0 unspecified atom stereocenters. The van der Waals surface area contributed by atoms with Crippen LogP contribution in [0, 0.1) is 0 Å². The minimum absolute atomic E-state index is 0.250. The van der Waals surface area contributed by atoms with E-state index in [1.54, 1.807) is 19.4 Å². The molecule has 0 radical (unpaired) electrons. The van der Waals surface area contributed by atoms with Crippen LogP contribution < -0.4 is 10.1 Å². The topological polar surface area (TPSA) is 60.2 Å². The summed E-state index contributed by atoms with van der Waals surface area (Å²) >= 11 is 5.90. The first kappa shape index (κ1) is 11.8. The second-order valence-corrected chi connectivity index (χ2v) is 4.21. The molecule has 19 heavy (non-hydrogen) atoms. The van der Waals surface area contributed by atoms with Crippen LogP contribution in [0.4, 0.5) is 11.5 Å². The number of benzene rings is 1. The number of furan rings is 1. The molecule has 0 aliphatic heterocycles. The molecule has 0 fully saturated rings. The number of aromatic nitrogens is 2. The third kappa shape index (κ3) is 2.20. The van der Waals surface area contributed by atoms with Crippen LogP contribution >= 0.6 is 11.6 Å². The Morgan fingerprint density at radius 3 is 2.68 bits per heavy atom. The van der Waals surface area contributed by atoms with Crippen molar-refractivity contribution in [3.05, 3.63) is 41.7 Å². The first-order chi connectivity index (χ1) is 9.28. The highest BCUT2D eigenvalue weighted by molar-refractivity contribution is 6.33. The fourth-order valence-corrected chi connectivity index (χ4v) is 1.94. The minimum atomic E-state index is 0.250. The molecule has 0 bridgehead atoms. The summed E-state index contributed by atoms with van der Waals surface area (Å²) in [7, 11) is 1.63. The zero-order valence-corrected chi connectivity index (χ0v) is 10.8. The molecule has 0 saturated heterocycles. The van der Waals surface area contributed by atoms with E-state index in [9.17, 15) is 0 Å². The largest absolute Gasteiger partial charge is 0.497 e. The second kappa shape index (κ2) is 4.78. The molecule has 2 aromatic heterocycles. The number of ether oxygens (including phenoxy) is 1. The lowest BCUT2D eigenvalue weighted by Gasteiger charge is -2.06. The van der Waals surface area contributed by atoms with Crippen molar-refractivity contribution in [1.82, 2.24) is 10.2 Å². The molecule has 0 aliphatic carbocycles. The Hall–Kier alpha value is -2.27. The fraction of sp³-hybridized carbons (Fsp3) is 0.0769. The zero-order valence-electron chi connectivity index (χ0n) is 10.1. The predicted octanol–water partition coefficient (Wildman–Crippen LogP) is 3.63. The van der Waals surface area contributed by atoms with Gasteiger partial charge in [-0.05, 0) is 30.3 Å². The van der Waals surface area contributed by atoms with Crippen molar-refractivity contribution >= 4 is 34.1 Å². The number of methoxy groups -OCH3 is 1.